The van der Waals surface area contributed by atoms with Gasteiger partial charge in [0.15, 0.2) is 5.96 Å². The van der Waals surface area contributed by atoms with Crippen LogP contribution in [-0.2, 0) is 6.54 Å². The highest BCUT2D eigenvalue weighted by atomic mass is 32.2. The number of thioether (sulfide) groups is 1. The lowest BCUT2D eigenvalue weighted by molar-refractivity contribution is 0.261. The molecule has 1 aliphatic heterocycles. The maximum atomic E-state index is 13.5. The van der Waals surface area contributed by atoms with Gasteiger partial charge in [-0.3, -0.25) is 4.99 Å². The summed E-state index contributed by atoms with van der Waals surface area (Å²) in [6.07, 6.45) is 2.86. The summed E-state index contributed by atoms with van der Waals surface area (Å²) in [6, 6.07) is 13.0. The molecule has 2 aromatic carbocycles. The number of fused-ring (bicyclic) bond motifs is 1. The van der Waals surface area contributed by atoms with Gasteiger partial charge in [-0.25, -0.2) is 4.39 Å². The molecule has 2 N–H and O–H groups in total. The maximum Gasteiger partial charge on any atom is 0.191 e. The zero-order chi connectivity index (χ0) is 17.6. The lowest BCUT2D eigenvalue weighted by Crippen LogP contribution is -2.40. The number of nitrogens with one attached hydrogen (secondary N) is 2. The van der Waals surface area contributed by atoms with Crippen LogP contribution < -0.4 is 15.4 Å². The van der Waals surface area contributed by atoms with Crippen LogP contribution in [0.2, 0.25) is 0 Å². The summed E-state index contributed by atoms with van der Waals surface area (Å²) in [5.74, 6) is 1.38. The van der Waals surface area contributed by atoms with Gasteiger partial charge in [0, 0.05) is 30.5 Å². The second-order valence-electron chi connectivity index (χ2n) is 5.75. The summed E-state index contributed by atoms with van der Waals surface area (Å²) in [4.78, 5) is 5.36. The molecule has 1 unspecified atom stereocenters. The van der Waals surface area contributed by atoms with Gasteiger partial charge in [-0.15, -0.1) is 11.8 Å². The number of para-hydroxylation sites is 1. The molecule has 132 valence electrons. The molecular weight excluding hydrogens is 337 g/mol. The molecule has 0 saturated heterocycles. The van der Waals surface area contributed by atoms with Crippen molar-refractivity contribution >= 4 is 17.7 Å². The topological polar surface area (TPSA) is 45.7 Å². The number of nitrogens with zero attached hydrogens (tertiary/aromatic N) is 1. The molecule has 0 saturated carbocycles. The minimum absolute atomic E-state index is 0.142. The molecule has 0 fully saturated rings. The Balaban J connectivity index is 1.68. The van der Waals surface area contributed by atoms with E-state index in [0.717, 1.165) is 28.2 Å². The zero-order valence-electron chi connectivity index (χ0n) is 14.4. The van der Waals surface area contributed by atoms with Crippen molar-refractivity contribution in [3.8, 4) is 5.75 Å². The van der Waals surface area contributed by atoms with Gasteiger partial charge in [-0.05, 0) is 36.1 Å². The second kappa shape index (κ2) is 8.25. The van der Waals surface area contributed by atoms with Gasteiger partial charge in [0.2, 0.25) is 0 Å². The monoisotopic (exact) mass is 359 g/mol. The SMILES string of the molecule is CN=C(NCc1cc(F)ccc1SC)NC1CCOc2ccccc21. The molecule has 0 amide bonds. The van der Waals surface area contributed by atoms with Crippen molar-refractivity contribution in [1.29, 1.82) is 0 Å². The molecule has 1 heterocycles. The normalized spacial score (nSPS) is 16.8. The number of aliphatic imine (C=N–C) groups is 1. The van der Waals surface area contributed by atoms with E-state index in [1.165, 1.54) is 6.07 Å². The molecule has 0 radical (unpaired) electrons. The van der Waals surface area contributed by atoms with E-state index < -0.39 is 0 Å². The largest absolute Gasteiger partial charge is 0.493 e. The highest BCUT2D eigenvalue weighted by Crippen LogP contribution is 2.31. The Bertz CT molecular complexity index is 766. The van der Waals surface area contributed by atoms with E-state index in [4.69, 9.17) is 4.74 Å². The first kappa shape index (κ1) is 17.6. The standard InChI is InChI=1S/C19H22FN3OS/c1-21-19(22-12-13-11-14(20)7-8-18(13)25-2)23-16-9-10-24-17-6-4-3-5-15(16)17/h3-8,11,16H,9-10,12H2,1-2H3,(H2,21,22,23). The van der Waals surface area contributed by atoms with E-state index in [-0.39, 0.29) is 11.9 Å². The fraction of sp³-hybridized carbons (Fsp3) is 0.316. The van der Waals surface area contributed by atoms with Crippen molar-refractivity contribution in [2.45, 2.75) is 23.9 Å². The van der Waals surface area contributed by atoms with E-state index in [2.05, 4.69) is 21.7 Å². The van der Waals surface area contributed by atoms with Crippen LogP contribution in [0.15, 0.2) is 52.4 Å². The van der Waals surface area contributed by atoms with Crippen molar-refractivity contribution in [3.05, 3.63) is 59.4 Å². The minimum atomic E-state index is -0.226. The van der Waals surface area contributed by atoms with Crippen LogP contribution in [-0.4, -0.2) is 25.9 Å². The number of hydrogen-bond donors (Lipinski definition) is 2. The predicted molar refractivity (Wildman–Crippen MR) is 101 cm³/mol. The van der Waals surface area contributed by atoms with Crippen LogP contribution >= 0.6 is 11.8 Å². The molecule has 0 aromatic heterocycles. The summed E-state index contributed by atoms with van der Waals surface area (Å²) in [6.45, 7) is 1.19. The predicted octanol–water partition coefficient (Wildman–Crippen LogP) is 3.74. The Morgan fingerprint density at radius 3 is 2.96 bits per heavy atom. The van der Waals surface area contributed by atoms with Gasteiger partial charge in [0.25, 0.3) is 0 Å². The quantitative estimate of drug-likeness (QED) is 0.496. The molecule has 3 rings (SSSR count). The number of guanidine groups is 1. The molecule has 0 bridgehead atoms. The van der Waals surface area contributed by atoms with E-state index >= 15 is 0 Å². The van der Waals surface area contributed by atoms with Gasteiger partial charge in [-0.2, -0.15) is 0 Å². The average molecular weight is 359 g/mol. The zero-order valence-corrected chi connectivity index (χ0v) is 15.2. The first-order chi connectivity index (χ1) is 12.2. The Morgan fingerprint density at radius 1 is 1.32 bits per heavy atom. The number of rotatable bonds is 4. The van der Waals surface area contributed by atoms with Crippen molar-refractivity contribution in [2.75, 3.05) is 19.9 Å². The number of halogens is 1. The van der Waals surface area contributed by atoms with Crippen LogP contribution in [0.25, 0.3) is 0 Å². The Labute approximate surface area is 151 Å². The lowest BCUT2D eigenvalue weighted by atomic mass is 10.0. The van der Waals surface area contributed by atoms with Crippen LogP contribution in [0.4, 0.5) is 4.39 Å². The van der Waals surface area contributed by atoms with Gasteiger partial charge < -0.3 is 15.4 Å². The second-order valence-corrected chi connectivity index (χ2v) is 6.60. The summed E-state index contributed by atoms with van der Waals surface area (Å²) >= 11 is 1.61. The van der Waals surface area contributed by atoms with Crippen LogP contribution in [0.1, 0.15) is 23.6 Å². The van der Waals surface area contributed by atoms with E-state index in [9.17, 15) is 4.39 Å². The molecule has 4 nitrogen and oxygen atoms in total. The molecule has 2 aromatic rings. The van der Waals surface area contributed by atoms with Gasteiger partial charge in [0.1, 0.15) is 11.6 Å². The first-order valence-corrected chi connectivity index (χ1v) is 9.45. The molecule has 25 heavy (non-hydrogen) atoms. The Hall–Kier alpha value is -2.21. The smallest absolute Gasteiger partial charge is 0.191 e. The summed E-state index contributed by atoms with van der Waals surface area (Å²) in [7, 11) is 1.74. The average Bonchev–Trinajstić information content (AvgIpc) is 2.65. The first-order valence-electron chi connectivity index (χ1n) is 8.22. The summed E-state index contributed by atoms with van der Waals surface area (Å²) in [5, 5.41) is 6.73. The fourth-order valence-corrected chi connectivity index (χ4v) is 3.51. The van der Waals surface area contributed by atoms with Crippen LogP contribution in [0, 0.1) is 5.82 Å². The highest BCUT2D eigenvalue weighted by molar-refractivity contribution is 7.98. The third kappa shape index (κ3) is 4.25. The van der Waals surface area contributed by atoms with E-state index in [0.29, 0.717) is 19.1 Å². The molecule has 1 atom stereocenters. The molecule has 1 aliphatic rings. The number of hydrogen-bond acceptors (Lipinski definition) is 3. The summed E-state index contributed by atoms with van der Waals surface area (Å²) < 4.78 is 19.2. The number of benzene rings is 2. The highest BCUT2D eigenvalue weighted by Gasteiger charge is 2.21. The molecular formula is C19H22FN3OS. The van der Waals surface area contributed by atoms with Gasteiger partial charge >= 0.3 is 0 Å². The van der Waals surface area contributed by atoms with Gasteiger partial charge in [-0.1, -0.05) is 18.2 Å². The van der Waals surface area contributed by atoms with Crippen LogP contribution in [0.5, 0.6) is 5.75 Å². The van der Waals surface area contributed by atoms with Crippen molar-refractivity contribution in [3.63, 3.8) is 0 Å². The molecule has 0 aliphatic carbocycles. The number of ether oxygens (including phenoxy) is 1. The Morgan fingerprint density at radius 2 is 2.16 bits per heavy atom. The molecule has 0 spiro atoms. The Kier molecular flexibility index (Phi) is 5.81. The van der Waals surface area contributed by atoms with Crippen molar-refractivity contribution in [2.24, 2.45) is 4.99 Å². The maximum absolute atomic E-state index is 13.5. The third-order valence-electron chi connectivity index (χ3n) is 4.18. The van der Waals surface area contributed by atoms with E-state index in [1.807, 2.05) is 30.5 Å². The van der Waals surface area contributed by atoms with Crippen molar-refractivity contribution < 1.29 is 9.13 Å². The molecule has 6 heteroatoms. The third-order valence-corrected chi connectivity index (χ3v) is 5.02. The van der Waals surface area contributed by atoms with Crippen molar-refractivity contribution in [1.82, 2.24) is 10.6 Å². The van der Waals surface area contributed by atoms with Crippen LogP contribution in [0.3, 0.4) is 0 Å². The summed E-state index contributed by atoms with van der Waals surface area (Å²) in [5.41, 5.74) is 2.05. The van der Waals surface area contributed by atoms with E-state index in [1.54, 1.807) is 24.9 Å². The van der Waals surface area contributed by atoms with Gasteiger partial charge in [0.05, 0.1) is 12.6 Å². The lowest BCUT2D eigenvalue weighted by Gasteiger charge is -2.28. The fourth-order valence-electron chi connectivity index (χ4n) is 2.92. The minimum Gasteiger partial charge on any atom is -0.493 e.